The van der Waals surface area contributed by atoms with E-state index < -0.39 is 0.725 Å². The van der Waals surface area contributed by atoms with Crippen LogP contribution in [0.4, 0.5) is 0 Å². The Kier molecular flexibility index (Phi) is 5.20. The topological polar surface area (TPSA) is 3.24 Å². The van der Waals surface area contributed by atoms with Crippen LogP contribution < -0.4 is 0 Å². The van der Waals surface area contributed by atoms with Crippen molar-refractivity contribution in [1.82, 2.24) is 4.57 Å². The molecular formula is C4H8I3NSSi. The van der Waals surface area contributed by atoms with Crippen molar-refractivity contribution in [1.29, 1.82) is 0 Å². The van der Waals surface area contributed by atoms with E-state index in [1.54, 1.807) is 0 Å². The lowest BCUT2D eigenvalue weighted by Gasteiger charge is -2.31. The molecule has 1 fully saturated rings. The lowest BCUT2D eigenvalue weighted by atomic mass is 10.6. The second-order valence-electron chi connectivity index (χ2n) is 2.07. The Bertz CT molecular complexity index is 112. The summed E-state index contributed by atoms with van der Waals surface area (Å²) in [7, 11) is 0. The minimum absolute atomic E-state index is 1.03. The lowest BCUT2D eigenvalue weighted by Crippen LogP contribution is -2.43. The summed E-state index contributed by atoms with van der Waals surface area (Å²) in [6.07, 6.45) is 0. The normalized spacial score (nSPS) is 23.1. The average Bonchev–Trinajstić information content (AvgIpc) is 1.88. The van der Waals surface area contributed by atoms with E-state index in [2.05, 4.69) is 81.7 Å². The van der Waals surface area contributed by atoms with Crippen molar-refractivity contribution in [3.63, 3.8) is 0 Å². The van der Waals surface area contributed by atoms with Gasteiger partial charge >= 0.3 is 0.725 Å². The first-order valence-corrected chi connectivity index (χ1v) is 15.4. The minimum Gasteiger partial charge on any atom is -0.299 e. The van der Waals surface area contributed by atoms with E-state index in [-0.39, 0.29) is 0 Å². The van der Waals surface area contributed by atoms with E-state index in [1.165, 1.54) is 24.6 Å². The van der Waals surface area contributed by atoms with Crippen molar-refractivity contribution in [2.45, 2.75) is 0 Å². The van der Waals surface area contributed by atoms with E-state index in [4.69, 9.17) is 0 Å². The van der Waals surface area contributed by atoms with E-state index in [0.29, 0.717) is 0 Å². The van der Waals surface area contributed by atoms with Crippen LogP contribution in [0.5, 0.6) is 0 Å². The number of rotatable bonds is 1. The third kappa shape index (κ3) is 3.62. The van der Waals surface area contributed by atoms with Crippen LogP contribution in [0, 0.1) is 0 Å². The van der Waals surface area contributed by atoms with E-state index in [9.17, 15) is 0 Å². The summed E-state index contributed by atoms with van der Waals surface area (Å²) in [6.45, 7) is 2.62. The van der Waals surface area contributed by atoms with Crippen molar-refractivity contribution < 1.29 is 0 Å². The Balaban J connectivity index is 2.39. The van der Waals surface area contributed by atoms with Crippen LogP contribution in [0.2, 0.25) is 0 Å². The number of hydrogen-bond donors (Lipinski definition) is 0. The lowest BCUT2D eigenvalue weighted by molar-refractivity contribution is 0.498. The number of nitrogens with zero attached hydrogens (tertiary/aromatic N) is 1. The molecule has 1 heterocycles. The molecule has 10 heavy (non-hydrogen) atoms. The van der Waals surface area contributed by atoms with Crippen molar-refractivity contribution in [2.75, 3.05) is 24.6 Å². The van der Waals surface area contributed by atoms with E-state index in [0.717, 1.165) is 0 Å². The van der Waals surface area contributed by atoms with Gasteiger partial charge in [-0.3, -0.25) is 4.57 Å². The molecule has 60 valence electrons. The third-order valence-corrected chi connectivity index (χ3v) is 9.62. The maximum absolute atomic E-state index is 2.66. The van der Waals surface area contributed by atoms with Gasteiger partial charge in [0.25, 0.3) is 0 Å². The highest BCUT2D eigenvalue weighted by atomic mass is 127. The molecule has 0 N–H and O–H groups in total. The number of thioether (sulfide) groups is 1. The Labute approximate surface area is 105 Å². The molecule has 0 aromatic carbocycles. The van der Waals surface area contributed by atoms with Crippen LogP contribution in [0.25, 0.3) is 0 Å². The summed E-state index contributed by atoms with van der Waals surface area (Å²) in [6, 6.07) is 0. The first-order valence-electron chi connectivity index (χ1n) is 3.00. The summed E-state index contributed by atoms with van der Waals surface area (Å²) in [4.78, 5) is 0. The van der Waals surface area contributed by atoms with E-state index >= 15 is 0 Å². The van der Waals surface area contributed by atoms with Crippen LogP contribution in [0.15, 0.2) is 0 Å². The molecule has 1 rings (SSSR count). The van der Waals surface area contributed by atoms with Gasteiger partial charge in [0, 0.05) is 24.6 Å². The summed E-state index contributed by atoms with van der Waals surface area (Å²) in [5, 5.41) is 0. The van der Waals surface area contributed by atoms with Gasteiger partial charge in [0.1, 0.15) is 0 Å². The van der Waals surface area contributed by atoms with Gasteiger partial charge in [0.15, 0.2) is 0 Å². The molecule has 0 atom stereocenters. The Morgan fingerprint density at radius 3 is 1.90 bits per heavy atom. The molecule has 0 bridgehead atoms. The van der Waals surface area contributed by atoms with Gasteiger partial charge in [-0.1, -0.05) is 65.4 Å². The van der Waals surface area contributed by atoms with Gasteiger partial charge < -0.3 is 0 Å². The molecule has 0 aromatic rings. The molecule has 1 nitrogen and oxygen atoms in total. The quantitative estimate of drug-likeness (QED) is 0.303. The fourth-order valence-corrected chi connectivity index (χ4v) is 7.12. The summed E-state index contributed by atoms with van der Waals surface area (Å²) >= 11 is 9.96. The molecule has 1 aliphatic heterocycles. The third-order valence-electron chi connectivity index (χ3n) is 1.37. The molecule has 0 radical (unpaired) electrons. The standard InChI is InChI=1S/C4H8I3NSSi/c5-10(6,7)8-1-3-9-4-2-8/h1-4H2. The fourth-order valence-electron chi connectivity index (χ4n) is 0.817. The molecule has 0 unspecified atom stereocenters. The minimum atomic E-state index is -1.03. The van der Waals surface area contributed by atoms with Crippen molar-refractivity contribution in [3.05, 3.63) is 0 Å². The summed E-state index contributed by atoms with van der Waals surface area (Å²) in [5.41, 5.74) is 0. The first kappa shape index (κ1) is 10.8. The fraction of sp³-hybridized carbons (Fsp3) is 1.00. The average molecular weight is 511 g/mol. The highest BCUT2D eigenvalue weighted by Crippen LogP contribution is 2.34. The monoisotopic (exact) mass is 511 g/mol. The SMILES string of the molecule is I[Si](I)(I)N1CCSCC1. The van der Waals surface area contributed by atoms with Gasteiger partial charge in [-0.15, -0.1) is 0 Å². The largest absolute Gasteiger partial charge is 0.329 e. The van der Waals surface area contributed by atoms with Gasteiger partial charge in [-0.25, -0.2) is 0 Å². The molecule has 0 spiro atoms. The maximum Gasteiger partial charge on any atom is 0.329 e. The second-order valence-corrected chi connectivity index (χ2v) is 37.5. The van der Waals surface area contributed by atoms with Crippen LogP contribution >= 0.6 is 77.2 Å². The van der Waals surface area contributed by atoms with Gasteiger partial charge in [-0.2, -0.15) is 11.8 Å². The van der Waals surface area contributed by atoms with Crippen LogP contribution in [0.3, 0.4) is 0 Å². The predicted octanol–water partition coefficient (Wildman–Crippen LogP) is 2.78. The zero-order valence-electron chi connectivity index (χ0n) is 5.32. The molecule has 1 aliphatic rings. The molecule has 6 heteroatoms. The maximum atomic E-state index is 2.66. The van der Waals surface area contributed by atoms with Crippen molar-refractivity contribution in [3.8, 4) is 0 Å². The zero-order valence-corrected chi connectivity index (χ0v) is 13.6. The molecule has 0 saturated carbocycles. The van der Waals surface area contributed by atoms with E-state index in [1.807, 2.05) is 0 Å². The second kappa shape index (κ2) is 4.82. The predicted molar refractivity (Wildman–Crippen MR) is 76.7 cm³/mol. The van der Waals surface area contributed by atoms with Crippen LogP contribution in [-0.4, -0.2) is 29.9 Å². The highest BCUT2D eigenvalue weighted by molar-refractivity contribution is 14.4. The molecule has 0 aliphatic carbocycles. The highest BCUT2D eigenvalue weighted by Gasteiger charge is 2.31. The van der Waals surface area contributed by atoms with Gasteiger partial charge in [0.2, 0.25) is 0 Å². The smallest absolute Gasteiger partial charge is 0.299 e. The van der Waals surface area contributed by atoms with Crippen LogP contribution in [0.1, 0.15) is 0 Å². The molecule has 0 aromatic heterocycles. The Hall–Kier alpha value is 2.72. The van der Waals surface area contributed by atoms with Gasteiger partial charge in [0.05, 0.1) is 0 Å². The van der Waals surface area contributed by atoms with Gasteiger partial charge in [-0.05, 0) is 0 Å². The molecular weight excluding hydrogens is 503 g/mol. The van der Waals surface area contributed by atoms with Crippen molar-refractivity contribution in [2.24, 2.45) is 0 Å². The van der Waals surface area contributed by atoms with Crippen LogP contribution in [-0.2, 0) is 0 Å². The summed E-state index contributed by atoms with van der Waals surface area (Å²) in [5.74, 6) is 2.67. The number of halogens is 3. The molecule has 0 amide bonds. The zero-order chi connectivity index (χ0) is 7.61. The summed E-state index contributed by atoms with van der Waals surface area (Å²) < 4.78 is 1.63. The Morgan fingerprint density at radius 1 is 1.10 bits per heavy atom. The number of hydrogen-bond acceptors (Lipinski definition) is 2. The molecule has 1 saturated heterocycles. The Morgan fingerprint density at radius 2 is 1.60 bits per heavy atom. The first-order chi connectivity index (χ1) is 4.61. The van der Waals surface area contributed by atoms with Crippen molar-refractivity contribution >= 4 is 77.9 Å².